The number of anilines is 3. The van der Waals surface area contributed by atoms with Crippen LogP contribution < -0.4 is 30.0 Å². The molecule has 0 saturated heterocycles. The summed E-state index contributed by atoms with van der Waals surface area (Å²) in [5.74, 6) is -1.51. The van der Waals surface area contributed by atoms with Crippen molar-refractivity contribution in [3.8, 4) is 28.5 Å². The fraction of sp³-hybridized carbons (Fsp3) is 0.135. The standard InChI is InChI=1S/C37H32F2N6O6S/c1-22-28-16-24(25-17-32(37(49-2)41-20-25)45-52(47,48)34-13-10-26(38)19-29(34)39)18-33(35(28)43-21-42-22)51-15-5-14-50-27-11-8-23(9-12-27)36(46)44-31-7-4-3-6-30(31)40/h3-4,6-13,16-21,45H,5,14-15,40H2,1-2H3,(H,44,46). The van der Waals surface area contributed by atoms with Crippen molar-refractivity contribution in [2.75, 3.05) is 36.1 Å². The van der Waals surface area contributed by atoms with Gasteiger partial charge in [0, 0.05) is 40.9 Å². The first-order valence-corrected chi connectivity index (χ1v) is 17.3. The van der Waals surface area contributed by atoms with Crippen molar-refractivity contribution < 1.29 is 36.2 Å². The molecule has 6 rings (SSSR count). The number of methoxy groups -OCH3 is 1. The number of rotatable bonds is 13. The minimum atomic E-state index is -4.49. The SMILES string of the molecule is COc1ncc(-c2cc(OCCCOc3ccc(C(=O)Nc4ccccc4N)cc3)c3ncnc(C)c3c2)cc1NS(=O)(=O)c1ccc(F)cc1F. The summed E-state index contributed by atoms with van der Waals surface area (Å²) < 4.78 is 73.6. The van der Waals surface area contributed by atoms with Gasteiger partial charge in [-0.15, -0.1) is 0 Å². The van der Waals surface area contributed by atoms with E-state index in [-0.39, 0.29) is 24.1 Å². The zero-order valence-corrected chi connectivity index (χ0v) is 28.7. The van der Waals surface area contributed by atoms with Crippen molar-refractivity contribution >= 4 is 43.9 Å². The van der Waals surface area contributed by atoms with E-state index >= 15 is 0 Å². The summed E-state index contributed by atoms with van der Waals surface area (Å²) in [4.78, 5) is 24.9. The highest BCUT2D eigenvalue weighted by atomic mass is 32.2. The number of aromatic nitrogens is 3. The molecular formula is C37H32F2N6O6S. The molecule has 2 heterocycles. The molecule has 266 valence electrons. The number of nitrogen functional groups attached to an aromatic ring is 1. The van der Waals surface area contributed by atoms with Crippen LogP contribution in [0.15, 0.2) is 102 Å². The van der Waals surface area contributed by atoms with Crippen LogP contribution in [0.25, 0.3) is 22.0 Å². The molecule has 6 aromatic rings. The average Bonchev–Trinajstić information content (AvgIpc) is 3.12. The van der Waals surface area contributed by atoms with Gasteiger partial charge in [-0.05, 0) is 79.2 Å². The summed E-state index contributed by atoms with van der Waals surface area (Å²) in [6.07, 6.45) is 3.42. The van der Waals surface area contributed by atoms with Crippen LogP contribution in [0, 0.1) is 18.6 Å². The van der Waals surface area contributed by atoms with Crippen LogP contribution in [0.1, 0.15) is 22.5 Å². The topological polar surface area (TPSA) is 168 Å². The molecule has 0 fully saturated rings. The van der Waals surface area contributed by atoms with Crippen LogP contribution in [-0.4, -0.2) is 49.6 Å². The molecule has 0 unspecified atom stereocenters. The number of hydrogen-bond acceptors (Lipinski definition) is 10. The first-order chi connectivity index (χ1) is 25.0. The minimum absolute atomic E-state index is 0.0677. The number of carbonyl (C=O) groups is 1. The van der Waals surface area contributed by atoms with Crippen molar-refractivity contribution in [2.24, 2.45) is 0 Å². The summed E-state index contributed by atoms with van der Waals surface area (Å²) in [6, 6.07) is 20.9. The van der Waals surface area contributed by atoms with E-state index in [1.165, 1.54) is 25.7 Å². The van der Waals surface area contributed by atoms with Gasteiger partial charge in [0.15, 0.2) is 0 Å². The Morgan fingerprint density at radius 1 is 0.865 bits per heavy atom. The third-order valence-corrected chi connectivity index (χ3v) is 9.25. The molecule has 0 atom stereocenters. The number of fused-ring (bicyclic) bond motifs is 1. The van der Waals surface area contributed by atoms with Gasteiger partial charge in [-0.25, -0.2) is 32.2 Å². The van der Waals surface area contributed by atoms with Gasteiger partial charge in [-0.2, -0.15) is 0 Å². The van der Waals surface area contributed by atoms with Gasteiger partial charge in [-0.1, -0.05) is 12.1 Å². The number of halogens is 2. The molecule has 0 saturated carbocycles. The van der Waals surface area contributed by atoms with Gasteiger partial charge in [0.1, 0.15) is 45.6 Å². The zero-order chi connectivity index (χ0) is 36.8. The summed E-state index contributed by atoms with van der Waals surface area (Å²) in [6.45, 7) is 2.40. The number of nitrogens with one attached hydrogen (secondary N) is 2. The number of nitrogens with two attached hydrogens (primary N) is 1. The van der Waals surface area contributed by atoms with Crippen LogP contribution in [-0.2, 0) is 10.0 Å². The molecule has 15 heteroatoms. The maximum Gasteiger partial charge on any atom is 0.264 e. The highest BCUT2D eigenvalue weighted by Gasteiger charge is 2.23. The van der Waals surface area contributed by atoms with Gasteiger partial charge in [-0.3, -0.25) is 9.52 Å². The van der Waals surface area contributed by atoms with E-state index in [1.807, 2.05) is 13.0 Å². The third-order valence-electron chi connectivity index (χ3n) is 7.85. The number of pyridine rings is 1. The van der Waals surface area contributed by atoms with E-state index in [1.54, 1.807) is 54.6 Å². The van der Waals surface area contributed by atoms with Crippen LogP contribution in [0.5, 0.6) is 17.4 Å². The second kappa shape index (κ2) is 15.3. The van der Waals surface area contributed by atoms with Crippen LogP contribution in [0.4, 0.5) is 25.8 Å². The Balaban J connectivity index is 1.15. The first-order valence-electron chi connectivity index (χ1n) is 15.8. The van der Waals surface area contributed by atoms with Crippen molar-refractivity contribution in [1.29, 1.82) is 0 Å². The quantitative estimate of drug-likeness (QED) is 0.0854. The Labute approximate surface area is 297 Å². The lowest BCUT2D eigenvalue weighted by atomic mass is 10.0. The molecule has 0 bridgehead atoms. The van der Waals surface area contributed by atoms with E-state index in [0.29, 0.717) is 75.3 Å². The van der Waals surface area contributed by atoms with E-state index < -0.39 is 26.6 Å². The third kappa shape index (κ3) is 8.00. The Kier molecular flexibility index (Phi) is 10.4. The van der Waals surface area contributed by atoms with Crippen LogP contribution in [0.3, 0.4) is 0 Å². The number of para-hydroxylation sites is 2. The fourth-order valence-electron chi connectivity index (χ4n) is 5.21. The molecule has 0 radical (unpaired) electrons. The fourth-order valence-corrected chi connectivity index (χ4v) is 6.32. The molecular weight excluding hydrogens is 695 g/mol. The number of amides is 1. The summed E-state index contributed by atoms with van der Waals surface area (Å²) in [5, 5.41) is 3.48. The maximum absolute atomic E-state index is 14.4. The number of benzene rings is 4. The molecule has 0 aliphatic rings. The number of nitrogens with zero attached hydrogens (tertiary/aromatic N) is 3. The zero-order valence-electron chi connectivity index (χ0n) is 27.9. The Morgan fingerprint density at radius 3 is 2.38 bits per heavy atom. The lowest BCUT2D eigenvalue weighted by Crippen LogP contribution is -2.15. The number of ether oxygens (including phenoxy) is 3. The monoisotopic (exact) mass is 726 g/mol. The van der Waals surface area contributed by atoms with Crippen molar-refractivity contribution in [2.45, 2.75) is 18.2 Å². The van der Waals surface area contributed by atoms with E-state index in [2.05, 4.69) is 25.0 Å². The largest absolute Gasteiger partial charge is 0.493 e. The highest BCUT2D eigenvalue weighted by Crippen LogP contribution is 2.36. The van der Waals surface area contributed by atoms with Gasteiger partial charge < -0.3 is 25.3 Å². The lowest BCUT2D eigenvalue weighted by molar-refractivity contribution is 0.102. The Morgan fingerprint density at radius 2 is 1.63 bits per heavy atom. The number of hydrogen-bond donors (Lipinski definition) is 3. The first kappa shape index (κ1) is 35.5. The summed E-state index contributed by atoms with van der Waals surface area (Å²) in [5.41, 5.74) is 9.61. The van der Waals surface area contributed by atoms with Gasteiger partial charge in [0.2, 0.25) is 5.88 Å². The predicted molar refractivity (Wildman–Crippen MR) is 192 cm³/mol. The number of sulfonamides is 1. The summed E-state index contributed by atoms with van der Waals surface area (Å²) in [7, 11) is -3.18. The molecule has 0 aliphatic carbocycles. The molecule has 4 aromatic carbocycles. The minimum Gasteiger partial charge on any atom is -0.493 e. The second-order valence-electron chi connectivity index (χ2n) is 11.4. The molecule has 0 spiro atoms. The number of carbonyl (C=O) groups excluding carboxylic acids is 1. The van der Waals surface area contributed by atoms with Crippen molar-refractivity contribution in [3.63, 3.8) is 0 Å². The van der Waals surface area contributed by atoms with Gasteiger partial charge in [0.05, 0.1) is 31.7 Å². The predicted octanol–water partition coefficient (Wildman–Crippen LogP) is 6.77. The van der Waals surface area contributed by atoms with E-state index in [0.717, 1.165) is 12.1 Å². The van der Waals surface area contributed by atoms with Crippen molar-refractivity contribution in [3.05, 3.63) is 120 Å². The second-order valence-corrected chi connectivity index (χ2v) is 13.1. The smallest absolute Gasteiger partial charge is 0.264 e. The molecule has 12 nitrogen and oxygen atoms in total. The molecule has 2 aromatic heterocycles. The van der Waals surface area contributed by atoms with Crippen molar-refractivity contribution in [1.82, 2.24) is 15.0 Å². The molecule has 4 N–H and O–H groups in total. The molecule has 0 aliphatic heterocycles. The van der Waals surface area contributed by atoms with Gasteiger partial charge in [0.25, 0.3) is 15.9 Å². The molecule has 1 amide bonds. The highest BCUT2D eigenvalue weighted by molar-refractivity contribution is 7.92. The average molecular weight is 727 g/mol. The Bertz CT molecular complexity index is 2380. The molecule has 52 heavy (non-hydrogen) atoms. The maximum atomic E-state index is 14.4. The van der Waals surface area contributed by atoms with Crippen LogP contribution in [0.2, 0.25) is 0 Å². The Hall–Kier alpha value is -6.35. The van der Waals surface area contributed by atoms with E-state index in [4.69, 9.17) is 19.9 Å². The number of aryl methyl sites for hydroxylation is 1. The van der Waals surface area contributed by atoms with Gasteiger partial charge >= 0.3 is 0 Å². The van der Waals surface area contributed by atoms with Crippen LogP contribution >= 0.6 is 0 Å². The summed E-state index contributed by atoms with van der Waals surface area (Å²) >= 11 is 0. The normalized spacial score (nSPS) is 11.2. The lowest BCUT2D eigenvalue weighted by Gasteiger charge is -2.15. The van der Waals surface area contributed by atoms with E-state index in [9.17, 15) is 22.0 Å².